The van der Waals surface area contributed by atoms with Gasteiger partial charge in [0.2, 0.25) is 0 Å². The topological polar surface area (TPSA) is 161 Å². The molecule has 0 saturated carbocycles. The number of H-pyrrole nitrogens is 2. The van der Waals surface area contributed by atoms with E-state index in [1.165, 1.54) is 11.4 Å². The fourth-order valence-electron chi connectivity index (χ4n) is 8.75. The average molecular weight is 720 g/mol. The molecule has 13 nitrogen and oxygen atoms in total. The molecule has 4 unspecified atom stereocenters. The Hall–Kier alpha value is -4.47. The summed E-state index contributed by atoms with van der Waals surface area (Å²) < 4.78 is 16.2. The van der Waals surface area contributed by atoms with Gasteiger partial charge in [0.1, 0.15) is 30.3 Å². The number of rotatable bonds is 8. The molecule has 53 heavy (non-hydrogen) atoms. The van der Waals surface area contributed by atoms with Crippen LogP contribution in [0, 0.1) is 5.92 Å². The third-order valence-electron chi connectivity index (χ3n) is 11.8. The van der Waals surface area contributed by atoms with E-state index in [0.29, 0.717) is 57.6 Å². The molecular weight excluding hydrogens is 674 g/mol. The van der Waals surface area contributed by atoms with Crippen molar-refractivity contribution < 1.29 is 34.1 Å². The van der Waals surface area contributed by atoms with Crippen LogP contribution in [0.5, 0.6) is 0 Å². The Morgan fingerprint density at radius 3 is 2.19 bits per heavy atom. The van der Waals surface area contributed by atoms with Gasteiger partial charge in [-0.15, -0.1) is 5.01 Å². The zero-order chi connectivity index (χ0) is 36.2. The van der Waals surface area contributed by atoms with Gasteiger partial charge < -0.3 is 39.4 Å². The standard InChI is InChI=1S/C40H45N7O6/c1-25(26-12-15-51-16-13-26)47(50,39(48)49)46-24-40(52-17-18-53-40)21-36(46)38-43-23-35(45-38)32-11-10-30-19-29(8-9-31(30)20-32)27-4-6-28(7-5-27)34-22-42-37(44-34)33-3-2-14-41-33/h4-11,19-20,22-23,25-26,33,36,41,50H,2-3,12-18,21,24H2,1H3,(H2-,42,43,44,45,48,49). The van der Waals surface area contributed by atoms with E-state index in [1.54, 1.807) is 13.1 Å². The Labute approximate surface area is 307 Å². The van der Waals surface area contributed by atoms with Gasteiger partial charge in [-0.3, -0.25) is 0 Å². The smallest absolute Gasteiger partial charge is 0.313 e. The first-order chi connectivity index (χ1) is 25.8. The number of ether oxygens (including phenoxy) is 3. The Morgan fingerprint density at radius 1 is 0.868 bits per heavy atom. The number of hydroxylamine groups is 2. The van der Waals surface area contributed by atoms with Gasteiger partial charge in [0.25, 0.3) is 0 Å². The van der Waals surface area contributed by atoms with Gasteiger partial charge in [-0.2, -0.15) is 5.21 Å². The number of aromatic amines is 2. The van der Waals surface area contributed by atoms with Gasteiger partial charge in [-0.1, -0.05) is 53.3 Å². The highest BCUT2D eigenvalue weighted by molar-refractivity contribution is 5.90. The van der Waals surface area contributed by atoms with Crippen LogP contribution in [0.25, 0.3) is 44.4 Å². The van der Waals surface area contributed by atoms with E-state index < -0.39 is 28.7 Å². The second-order valence-electron chi connectivity index (χ2n) is 14.9. The number of hydrogen-bond donors (Lipinski definition) is 4. The summed E-state index contributed by atoms with van der Waals surface area (Å²) in [5.74, 6) is 0.397. The fourth-order valence-corrected chi connectivity index (χ4v) is 8.75. The van der Waals surface area contributed by atoms with Crippen LogP contribution in [0.4, 0.5) is 4.79 Å². The number of nitrogens with one attached hydrogen (secondary N) is 3. The van der Waals surface area contributed by atoms with Crippen molar-refractivity contribution in [3.05, 3.63) is 84.7 Å². The Morgan fingerprint density at radius 2 is 1.49 bits per heavy atom. The summed E-state index contributed by atoms with van der Waals surface area (Å²) in [6.45, 7) is 4.68. The average Bonchev–Trinajstić information content (AvgIpc) is 4.05. The molecule has 1 amide bonds. The molecule has 4 atom stereocenters. The maximum Gasteiger partial charge on any atom is 0.313 e. The molecular formula is C40H45N7O6. The minimum Gasteiger partial charge on any atom is -0.494 e. The van der Waals surface area contributed by atoms with Crippen LogP contribution in [0.2, 0.25) is 0 Å². The van der Waals surface area contributed by atoms with Crippen molar-refractivity contribution in [1.82, 2.24) is 30.3 Å². The van der Waals surface area contributed by atoms with Crippen LogP contribution in [0.15, 0.2) is 73.1 Å². The summed E-state index contributed by atoms with van der Waals surface area (Å²) in [6.07, 6.45) is 5.97. The maximum atomic E-state index is 12.9. The van der Waals surface area contributed by atoms with Gasteiger partial charge in [-0.25, -0.2) is 9.97 Å². The number of carbonyl (C=O) groups excluding carboxylic acids is 1. The molecule has 0 radical (unpaired) electrons. The number of hydrogen-bond acceptors (Lipinski definition) is 10. The van der Waals surface area contributed by atoms with Crippen LogP contribution in [0.3, 0.4) is 0 Å². The summed E-state index contributed by atoms with van der Waals surface area (Å²) in [5, 5.41) is 32.1. The third kappa shape index (κ3) is 6.25. The lowest BCUT2D eigenvalue weighted by Crippen LogP contribution is -2.71. The first-order valence-electron chi connectivity index (χ1n) is 18.7. The lowest BCUT2D eigenvalue weighted by Gasteiger charge is -2.45. The number of nitrogens with zero attached hydrogens (tertiary/aromatic N) is 4. The molecule has 9 rings (SSSR count). The monoisotopic (exact) mass is 719 g/mol. The molecule has 0 bridgehead atoms. The second-order valence-corrected chi connectivity index (χ2v) is 14.9. The molecule has 2 aromatic heterocycles. The number of aromatic nitrogens is 4. The predicted octanol–water partition coefficient (Wildman–Crippen LogP) is 5.48. The molecule has 5 aromatic rings. The van der Waals surface area contributed by atoms with Crippen molar-refractivity contribution in [2.45, 2.75) is 62.9 Å². The van der Waals surface area contributed by atoms with Gasteiger partial charge in [0.05, 0.1) is 43.0 Å². The summed E-state index contributed by atoms with van der Waals surface area (Å²) in [4.78, 5) is 29.2. The van der Waals surface area contributed by atoms with E-state index in [9.17, 15) is 15.1 Å². The van der Waals surface area contributed by atoms with E-state index in [1.807, 2.05) is 6.20 Å². The third-order valence-corrected chi connectivity index (χ3v) is 11.8. The Bertz CT molecular complexity index is 2100. The van der Waals surface area contributed by atoms with Crippen LogP contribution >= 0.6 is 0 Å². The molecule has 3 aromatic carbocycles. The van der Waals surface area contributed by atoms with Gasteiger partial charge in [0, 0.05) is 31.1 Å². The molecule has 276 valence electrons. The highest BCUT2D eigenvalue weighted by Crippen LogP contribution is 2.46. The van der Waals surface area contributed by atoms with Crippen LogP contribution in [-0.2, 0) is 14.2 Å². The number of amides is 1. The fraction of sp³-hybridized carbons (Fsp3) is 0.425. The highest BCUT2D eigenvalue weighted by Gasteiger charge is 2.61. The van der Waals surface area contributed by atoms with Crippen molar-refractivity contribution in [2.75, 3.05) is 39.5 Å². The van der Waals surface area contributed by atoms with Gasteiger partial charge >= 0.3 is 6.09 Å². The number of quaternary nitrogens is 1. The van der Waals surface area contributed by atoms with Crippen molar-refractivity contribution in [3.63, 3.8) is 0 Å². The summed E-state index contributed by atoms with van der Waals surface area (Å²) in [6, 6.07) is 20.3. The van der Waals surface area contributed by atoms with Crippen LogP contribution < -0.4 is 10.4 Å². The van der Waals surface area contributed by atoms with Crippen LogP contribution in [-0.4, -0.2) is 92.3 Å². The summed E-state index contributed by atoms with van der Waals surface area (Å²) >= 11 is 0. The normalized spacial score (nSPS) is 23.9. The predicted molar refractivity (Wildman–Crippen MR) is 194 cm³/mol. The minimum atomic E-state index is -1.59. The SMILES string of the molecule is CC(C1CCOCC1)[N+](O)(C(=O)[O-])N1CC2(CC1c1ncc(-c3ccc4cc(-c5ccc(-c6cnc(C7CCCN7)[nH]6)cc5)ccc4c3)[nH]1)OCCO2. The van der Waals surface area contributed by atoms with E-state index in [0.717, 1.165) is 63.2 Å². The first-order valence-corrected chi connectivity index (χ1v) is 18.7. The lowest BCUT2D eigenvalue weighted by atomic mass is 9.92. The molecule has 4 N–H and O–H groups in total. The summed E-state index contributed by atoms with van der Waals surface area (Å²) in [5.41, 5.74) is 6.10. The largest absolute Gasteiger partial charge is 0.494 e. The zero-order valence-electron chi connectivity index (χ0n) is 29.8. The first kappa shape index (κ1) is 34.3. The Kier molecular flexibility index (Phi) is 8.90. The van der Waals surface area contributed by atoms with Gasteiger partial charge in [0.15, 0.2) is 5.79 Å². The molecule has 4 aliphatic heterocycles. The summed E-state index contributed by atoms with van der Waals surface area (Å²) in [7, 11) is 0. The van der Waals surface area contributed by atoms with Crippen molar-refractivity contribution in [3.8, 4) is 33.6 Å². The molecule has 4 aliphatic rings. The zero-order valence-corrected chi connectivity index (χ0v) is 29.8. The second kappa shape index (κ2) is 13.7. The van der Waals surface area contributed by atoms with E-state index in [-0.39, 0.29) is 12.5 Å². The number of carbonyl (C=O) groups is 1. The Balaban J connectivity index is 0.956. The molecule has 4 saturated heterocycles. The number of imidazole rings is 2. The van der Waals surface area contributed by atoms with Crippen LogP contribution in [0.1, 0.15) is 62.8 Å². The van der Waals surface area contributed by atoms with Gasteiger partial charge in [-0.05, 0) is 78.7 Å². The number of benzene rings is 3. The molecule has 13 heteroatoms. The number of fused-ring (bicyclic) bond motifs is 1. The van der Waals surface area contributed by atoms with E-state index in [2.05, 4.69) is 80.9 Å². The molecule has 6 heterocycles. The molecule has 4 fully saturated rings. The van der Waals surface area contributed by atoms with Crippen molar-refractivity contribution >= 4 is 16.9 Å². The van der Waals surface area contributed by atoms with E-state index >= 15 is 0 Å². The van der Waals surface area contributed by atoms with E-state index in [4.69, 9.17) is 19.2 Å². The number of carboxylic acid groups (broad SMARTS) is 1. The van der Waals surface area contributed by atoms with Crippen molar-refractivity contribution in [1.29, 1.82) is 0 Å². The van der Waals surface area contributed by atoms with Crippen molar-refractivity contribution in [2.24, 2.45) is 5.92 Å². The quantitative estimate of drug-likeness (QED) is 0.0919. The maximum absolute atomic E-state index is 12.9. The molecule has 1 spiro atoms. The minimum absolute atomic E-state index is 0.0506. The highest BCUT2D eigenvalue weighted by atomic mass is 16.7. The lowest BCUT2D eigenvalue weighted by molar-refractivity contribution is -1.16. The molecule has 0 aliphatic carbocycles.